The van der Waals surface area contributed by atoms with Gasteiger partial charge in [0.15, 0.2) is 0 Å². The van der Waals surface area contributed by atoms with Gasteiger partial charge in [-0.15, -0.1) is 0 Å². The fourth-order valence-electron chi connectivity index (χ4n) is 8.85. The maximum absolute atomic E-state index is 14.2. The van der Waals surface area contributed by atoms with Crippen molar-refractivity contribution in [1.29, 1.82) is 0 Å². The molecule has 0 spiro atoms. The summed E-state index contributed by atoms with van der Waals surface area (Å²) in [5.41, 5.74) is 2.87. The Balaban J connectivity index is 1.07. The first-order chi connectivity index (χ1) is 20.7. The number of amides is 2. The van der Waals surface area contributed by atoms with Crippen LogP contribution in [0.2, 0.25) is 0 Å². The van der Waals surface area contributed by atoms with Gasteiger partial charge in [0, 0.05) is 42.1 Å². The average Bonchev–Trinajstić information content (AvgIpc) is 3.70. The Morgan fingerprint density at radius 3 is 2.81 bits per heavy atom. The molecule has 4 N–H and O–H groups in total. The van der Waals surface area contributed by atoms with Gasteiger partial charge in [-0.3, -0.25) is 24.1 Å². The van der Waals surface area contributed by atoms with Gasteiger partial charge in [0.25, 0.3) is 11.8 Å². The van der Waals surface area contributed by atoms with Crippen LogP contribution in [-0.2, 0) is 27.2 Å². The molecule has 2 amide bonds. The number of hydrogen-bond acceptors (Lipinski definition) is 7. The Kier molecular flexibility index (Phi) is 6.10. The minimum Gasteiger partial charge on any atom is -0.376 e. The molecule has 0 radical (unpaired) electrons. The number of aliphatic hydroxyl groups is 2. The molecule has 10 nitrogen and oxygen atoms in total. The van der Waals surface area contributed by atoms with Crippen LogP contribution < -0.4 is 5.32 Å². The van der Waals surface area contributed by atoms with Crippen LogP contribution in [0.15, 0.2) is 54.7 Å². The number of hydrogen-bond donors (Lipinski definition) is 4. The number of aromatic nitrogens is 1. The summed E-state index contributed by atoms with van der Waals surface area (Å²) in [5.74, 6) is -2.94. The van der Waals surface area contributed by atoms with Gasteiger partial charge in [0.2, 0.25) is 11.6 Å². The molecule has 2 aromatic carbocycles. The van der Waals surface area contributed by atoms with Gasteiger partial charge in [-0.25, -0.2) is 0 Å². The zero-order valence-electron chi connectivity index (χ0n) is 24.6. The number of benzene rings is 2. The highest BCUT2D eigenvalue weighted by molar-refractivity contribution is 5.93. The number of likely N-dealkylation sites (tertiary alicyclic amines) is 1. The Morgan fingerprint density at radius 2 is 2.00 bits per heavy atom. The normalized spacial score (nSPS) is 37.3. The molecule has 3 aromatic rings. The lowest BCUT2D eigenvalue weighted by molar-refractivity contribution is -0.343. The summed E-state index contributed by atoms with van der Waals surface area (Å²) in [6.07, 6.45) is 4.41. The number of fused-ring (bicyclic) bond motifs is 5. The molecule has 5 heterocycles. The van der Waals surface area contributed by atoms with E-state index < -0.39 is 35.9 Å². The molecule has 0 bridgehead atoms. The van der Waals surface area contributed by atoms with Crippen molar-refractivity contribution in [3.8, 4) is 0 Å². The van der Waals surface area contributed by atoms with Crippen molar-refractivity contribution in [2.45, 2.75) is 80.9 Å². The molecule has 4 aliphatic heterocycles. The van der Waals surface area contributed by atoms with Crippen LogP contribution in [0.1, 0.15) is 48.8 Å². The number of carbonyl (C=O) groups is 2. The number of likely N-dealkylation sites (N-methyl/N-ethyl adjacent to an activating group) is 1. The summed E-state index contributed by atoms with van der Waals surface area (Å²) in [6, 6.07) is 14.9. The fourth-order valence-corrected chi connectivity index (χ4v) is 8.85. The second-order valence-corrected chi connectivity index (χ2v) is 13.4. The third kappa shape index (κ3) is 3.97. The third-order valence-electron chi connectivity index (χ3n) is 10.8. The third-order valence-corrected chi connectivity index (χ3v) is 10.8. The van der Waals surface area contributed by atoms with Gasteiger partial charge in [-0.1, -0.05) is 42.5 Å². The molecule has 1 aromatic heterocycles. The van der Waals surface area contributed by atoms with Crippen LogP contribution in [0.3, 0.4) is 0 Å². The molecule has 8 rings (SSSR count). The summed E-state index contributed by atoms with van der Waals surface area (Å²) in [7, 11) is 2.07. The van der Waals surface area contributed by atoms with Gasteiger partial charge in [0.05, 0.1) is 18.0 Å². The number of carbonyl (C=O) groups excluding carboxylic acids is 2. The van der Waals surface area contributed by atoms with E-state index in [4.69, 9.17) is 4.74 Å². The second kappa shape index (κ2) is 9.61. The molecule has 4 fully saturated rings. The van der Waals surface area contributed by atoms with Gasteiger partial charge < -0.3 is 25.4 Å². The number of nitrogens with one attached hydrogen (secondary N) is 2. The maximum Gasteiger partial charge on any atom is 0.280 e. The van der Waals surface area contributed by atoms with E-state index in [1.165, 1.54) is 28.3 Å². The predicted octanol–water partition coefficient (Wildman–Crippen LogP) is 1.87. The van der Waals surface area contributed by atoms with Crippen molar-refractivity contribution >= 4 is 22.7 Å². The van der Waals surface area contributed by atoms with Crippen molar-refractivity contribution < 1.29 is 24.5 Å². The Labute approximate surface area is 250 Å². The summed E-state index contributed by atoms with van der Waals surface area (Å²) in [4.78, 5) is 37.1. The molecule has 0 saturated carbocycles. The van der Waals surface area contributed by atoms with Crippen LogP contribution in [-0.4, -0.2) is 97.8 Å². The molecule has 43 heavy (non-hydrogen) atoms. The number of ether oxygens (including phenoxy) is 1. The van der Waals surface area contributed by atoms with Crippen LogP contribution >= 0.6 is 0 Å². The van der Waals surface area contributed by atoms with E-state index in [0.717, 1.165) is 23.9 Å². The van der Waals surface area contributed by atoms with E-state index in [0.29, 0.717) is 38.4 Å². The zero-order chi connectivity index (χ0) is 29.7. The summed E-state index contributed by atoms with van der Waals surface area (Å²) in [5, 5.41) is 27.8. The standard InChI is InChI=1S/C33H39N5O5/c1-32(35-29(39)21-15-23-22-10-6-11-24-28(22)20(17-34-24)16-25(23)36(2)18-21)31(41)38-26(14-19-8-4-3-5-9-19)30(40)37-13-7-12-27(37)33(38,42)43-32/h3-6,8-11,17,21,23,25-27,30,34,40,42H,7,12-16,18H2,1-2H3,(H,35,39). The second-order valence-electron chi connectivity index (χ2n) is 13.4. The number of H-pyrrole nitrogens is 1. The first-order valence-electron chi connectivity index (χ1n) is 15.5. The van der Waals surface area contributed by atoms with E-state index in [9.17, 15) is 19.8 Å². The lowest BCUT2D eigenvalue weighted by atomic mass is 9.72. The van der Waals surface area contributed by atoms with Gasteiger partial charge in [0.1, 0.15) is 6.23 Å². The van der Waals surface area contributed by atoms with E-state index in [1.54, 1.807) is 0 Å². The molecule has 4 saturated heterocycles. The number of piperidine rings is 1. The number of aliphatic hydroxyl groups excluding tert-OH is 1. The van der Waals surface area contributed by atoms with Crippen molar-refractivity contribution in [2.75, 3.05) is 20.1 Å². The number of aromatic amines is 1. The molecule has 1 aliphatic carbocycles. The molecular formula is C33H39N5O5. The Hall–Kier alpha value is -3.28. The Morgan fingerprint density at radius 1 is 1.19 bits per heavy atom. The lowest BCUT2D eigenvalue weighted by Crippen LogP contribution is -2.73. The molecule has 8 unspecified atom stereocenters. The maximum atomic E-state index is 14.2. The zero-order valence-corrected chi connectivity index (χ0v) is 24.6. The van der Waals surface area contributed by atoms with E-state index in [2.05, 4.69) is 46.6 Å². The van der Waals surface area contributed by atoms with Gasteiger partial charge >= 0.3 is 0 Å². The highest BCUT2D eigenvalue weighted by Crippen LogP contribution is 2.48. The van der Waals surface area contributed by atoms with Crippen molar-refractivity contribution in [2.24, 2.45) is 5.92 Å². The molecule has 8 atom stereocenters. The molecule has 226 valence electrons. The van der Waals surface area contributed by atoms with Crippen LogP contribution in [0.5, 0.6) is 0 Å². The van der Waals surface area contributed by atoms with E-state index >= 15 is 0 Å². The van der Waals surface area contributed by atoms with E-state index in [1.807, 2.05) is 35.2 Å². The average molecular weight is 586 g/mol. The van der Waals surface area contributed by atoms with Crippen LogP contribution in [0.4, 0.5) is 0 Å². The topological polar surface area (TPSA) is 121 Å². The summed E-state index contributed by atoms with van der Waals surface area (Å²) >= 11 is 0. The molecule has 10 heteroatoms. The quantitative estimate of drug-likeness (QED) is 0.369. The van der Waals surface area contributed by atoms with Crippen LogP contribution in [0.25, 0.3) is 10.9 Å². The SMILES string of the molecule is CN1CC(C(=O)NC2(C)OC3(O)C4CCCN4C(O)C(Cc4ccccc4)N3C2=O)CC2c3cccc4[nH]cc(c34)CC21. The summed E-state index contributed by atoms with van der Waals surface area (Å²) < 4.78 is 6.29. The lowest BCUT2D eigenvalue weighted by Gasteiger charge is -2.52. The number of rotatable bonds is 4. The van der Waals surface area contributed by atoms with Gasteiger partial charge in [-0.2, -0.15) is 0 Å². The monoisotopic (exact) mass is 585 g/mol. The minimum atomic E-state index is -1.97. The number of nitrogens with zero attached hydrogens (tertiary/aromatic N) is 3. The first kappa shape index (κ1) is 27.3. The molecular weight excluding hydrogens is 546 g/mol. The first-order valence-corrected chi connectivity index (χ1v) is 15.5. The predicted molar refractivity (Wildman–Crippen MR) is 158 cm³/mol. The minimum absolute atomic E-state index is 0.183. The van der Waals surface area contributed by atoms with Crippen LogP contribution in [0, 0.1) is 5.92 Å². The number of piperazine rings is 1. The van der Waals surface area contributed by atoms with Crippen molar-refractivity contribution in [3.05, 3.63) is 71.4 Å². The highest BCUT2D eigenvalue weighted by Gasteiger charge is 2.69. The molecule has 5 aliphatic rings. The highest BCUT2D eigenvalue weighted by atomic mass is 16.7. The smallest absolute Gasteiger partial charge is 0.280 e. The fraction of sp³-hybridized carbons (Fsp3) is 0.515. The van der Waals surface area contributed by atoms with Crippen molar-refractivity contribution in [3.63, 3.8) is 0 Å². The Bertz CT molecular complexity index is 1590. The van der Waals surface area contributed by atoms with Crippen molar-refractivity contribution in [1.82, 2.24) is 25.0 Å². The summed E-state index contributed by atoms with van der Waals surface area (Å²) in [6.45, 7) is 2.70. The van der Waals surface area contributed by atoms with Gasteiger partial charge in [-0.05, 0) is 68.8 Å². The van der Waals surface area contributed by atoms with E-state index in [-0.39, 0.29) is 17.7 Å². The largest absolute Gasteiger partial charge is 0.376 e.